The van der Waals surface area contributed by atoms with Gasteiger partial charge >= 0.3 is 0 Å². The Morgan fingerprint density at radius 3 is 2.64 bits per heavy atom. The standard InChI is InChI=1S/C18H29N3O3S/c19-25(23,24)16-7-5-15(6-8-16)9-11-20-14-18(22)10-3-13-21-12-2-1-4-17(18)21/h5-8,17,20,22H,1-4,9-14H2,(H2,19,23,24)/t17-,18-/m1/s1. The largest absolute Gasteiger partial charge is 0.387 e. The number of hydrogen-bond acceptors (Lipinski definition) is 5. The van der Waals surface area contributed by atoms with Crippen molar-refractivity contribution < 1.29 is 13.5 Å². The van der Waals surface area contributed by atoms with E-state index in [1.54, 1.807) is 24.3 Å². The van der Waals surface area contributed by atoms with Crippen LogP contribution in [0.4, 0.5) is 0 Å². The molecule has 1 aromatic carbocycles. The summed E-state index contributed by atoms with van der Waals surface area (Å²) in [5.41, 5.74) is 0.422. The van der Waals surface area contributed by atoms with E-state index in [-0.39, 0.29) is 10.9 Å². The van der Waals surface area contributed by atoms with Gasteiger partial charge in [-0.3, -0.25) is 4.90 Å². The molecule has 0 bridgehead atoms. The van der Waals surface area contributed by atoms with Gasteiger partial charge in [-0.25, -0.2) is 13.6 Å². The lowest BCUT2D eigenvalue weighted by Crippen LogP contribution is -2.62. The van der Waals surface area contributed by atoms with Gasteiger partial charge in [-0.2, -0.15) is 0 Å². The van der Waals surface area contributed by atoms with Crippen LogP contribution in [-0.2, 0) is 16.4 Å². The molecule has 2 heterocycles. The summed E-state index contributed by atoms with van der Waals surface area (Å²) < 4.78 is 22.5. The predicted molar refractivity (Wildman–Crippen MR) is 97.8 cm³/mol. The molecule has 7 heteroatoms. The van der Waals surface area contributed by atoms with Crippen LogP contribution in [0.3, 0.4) is 0 Å². The van der Waals surface area contributed by atoms with E-state index in [1.807, 2.05) is 0 Å². The van der Waals surface area contributed by atoms with Crippen molar-refractivity contribution in [1.82, 2.24) is 10.2 Å². The highest BCUT2D eigenvalue weighted by molar-refractivity contribution is 7.89. The molecule has 2 fully saturated rings. The van der Waals surface area contributed by atoms with Crippen molar-refractivity contribution >= 4 is 10.0 Å². The molecule has 3 rings (SSSR count). The molecular formula is C18H29N3O3S. The van der Waals surface area contributed by atoms with Gasteiger partial charge in [0, 0.05) is 12.6 Å². The molecule has 25 heavy (non-hydrogen) atoms. The van der Waals surface area contributed by atoms with Gasteiger partial charge in [-0.15, -0.1) is 0 Å². The molecule has 6 nitrogen and oxygen atoms in total. The van der Waals surface area contributed by atoms with E-state index in [9.17, 15) is 13.5 Å². The first-order valence-electron chi connectivity index (χ1n) is 9.17. The molecule has 0 radical (unpaired) electrons. The van der Waals surface area contributed by atoms with E-state index < -0.39 is 15.6 Å². The normalized spacial score (nSPS) is 27.8. The SMILES string of the molecule is NS(=O)(=O)c1ccc(CCNC[C@]2(O)CCCN3CCCC[C@@H]32)cc1. The van der Waals surface area contributed by atoms with Crippen LogP contribution in [-0.4, -0.2) is 56.2 Å². The van der Waals surface area contributed by atoms with Gasteiger partial charge < -0.3 is 10.4 Å². The van der Waals surface area contributed by atoms with Crippen LogP contribution in [0, 0.1) is 0 Å². The Hall–Kier alpha value is -0.990. The lowest BCUT2D eigenvalue weighted by atomic mass is 9.79. The maximum absolute atomic E-state index is 11.3. The number of fused-ring (bicyclic) bond motifs is 1. The molecule has 0 unspecified atom stereocenters. The number of nitrogens with zero attached hydrogens (tertiary/aromatic N) is 1. The Morgan fingerprint density at radius 2 is 1.92 bits per heavy atom. The van der Waals surface area contributed by atoms with E-state index in [1.165, 1.54) is 12.8 Å². The van der Waals surface area contributed by atoms with Crippen LogP contribution in [0.25, 0.3) is 0 Å². The highest BCUT2D eigenvalue weighted by Gasteiger charge is 2.43. The van der Waals surface area contributed by atoms with E-state index in [2.05, 4.69) is 10.2 Å². The quantitative estimate of drug-likeness (QED) is 0.648. The van der Waals surface area contributed by atoms with Crippen LogP contribution in [0.1, 0.15) is 37.7 Å². The summed E-state index contributed by atoms with van der Waals surface area (Å²) >= 11 is 0. The summed E-state index contributed by atoms with van der Waals surface area (Å²) in [7, 11) is -3.63. The summed E-state index contributed by atoms with van der Waals surface area (Å²) in [6.07, 6.45) is 6.25. The Bertz CT molecular complexity index is 675. The van der Waals surface area contributed by atoms with E-state index >= 15 is 0 Å². The molecule has 0 amide bonds. The van der Waals surface area contributed by atoms with E-state index in [0.717, 1.165) is 50.9 Å². The molecule has 1 aromatic rings. The molecule has 2 atom stereocenters. The van der Waals surface area contributed by atoms with Gasteiger partial charge in [0.1, 0.15) is 0 Å². The first-order chi connectivity index (χ1) is 11.9. The Kier molecular flexibility index (Phi) is 5.80. The molecule has 4 N–H and O–H groups in total. The fourth-order valence-corrected chi connectivity index (χ4v) is 4.73. The monoisotopic (exact) mass is 367 g/mol. The summed E-state index contributed by atoms with van der Waals surface area (Å²) in [4.78, 5) is 2.60. The molecule has 2 aliphatic rings. The molecule has 0 saturated carbocycles. The molecule has 0 aromatic heterocycles. The molecular weight excluding hydrogens is 338 g/mol. The molecule has 2 aliphatic heterocycles. The average molecular weight is 368 g/mol. The van der Waals surface area contributed by atoms with Crippen molar-refractivity contribution in [2.24, 2.45) is 5.14 Å². The number of rotatable bonds is 6. The predicted octanol–water partition coefficient (Wildman–Crippen LogP) is 0.845. The topological polar surface area (TPSA) is 95.7 Å². The number of aliphatic hydroxyl groups is 1. The maximum Gasteiger partial charge on any atom is 0.238 e. The van der Waals surface area contributed by atoms with Crippen molar-refractivity contribution in [3.8, 4) is 0 Å². The minimum absolute atomic E-state index is 0.137. The number of nitrogens with two attached hydrogens (primary N) is 1. The van der Waals surface area contributed by atoms with Gasteiger partial charge in [0.25, 0.3) is 0 Å². The number of sulfonamides is 1. The van der Waals surface area contributed by atoms with Gasteiger partial charge in [-0.05, 0) is 69.4 Å². The van der Waals surface area contributed by atoms with Crippen LogP contribution < -0.4 is 10.5 Å². The van der Waals surface area contributed by atoms with Crippen molar-refractivity contribution in [2.45, 2.75) is 55.1 Å². The number of primary sulfonamides is 1. The molecule has 0 aliphatic carbocycles. The van der Waals surface area contributed by atoms with Crippen LogP contribution in [0.2, 0.25) is 0 Å². The summed E-state index contributed by atoms with van der Waals surface area (Å²) in [5, 5.41) is 19.6. The number of piperidine rings is 2. The smallest absolute Gasteiger partial charge is 0.238 e. The summed E-state index contributed by atoms with van der Waals surface area (Å²) in [6.45, 7) is 3.60. The second kappa shape index (κ2) is 7.72. The second-order valence-electron chi connectivity index (χ2n) is 7.37. The third kappa shape index (κ3) is 4.60. The molecule has 0 spiro atoms. The van der Waals surface area contributed by atoms with Crippen LogP contribution >= 0.6 is 0 Å². The maximum atomic E-state index is 11.3. The fourth-order valence-electron chi connectivity index (χ4n) is 4.21. The zero-order chi connectivity index (χ0) is 17.9. The zero-order valence-corrected chi connectivity index (χ0v) is 15.5. The fraction of sp³-hybridized carbons (Fsp3) is 0.667. The highest BCUT2D eigenvalue weighted by Crippen LogP contribution is 2.33. The Morgan fingerprint density at radius 1 is 1.20 bits per heavy atom. The van der Waals surface area contributed by atoms with Crippen LogP contribution in [0.15, 0.2) is 29.2 Å². The minimum Gasteiger partial charge on any atom is -0.387 e. The van der Waals surface area contributed by atoms with E-state index in [4.69, 9.17) is 5.14 Å². The lowest BCUT2D eigenvalue weighted by molar-refractivity contribution is -0.0916. The van der Waals surface area contributed by atoms with Gasteiger partial charge in [-0.1, -0.05) is 18.6 Å². The first kappa shape index (κ1) is 18.8. The Labute approximate surface area is 150 Å². The second-order valence-corrected chi connectivity index (χ2v) is 8.93. The van der Waals surface area contributed by atoms with Crippen molar-refractivity contribution in [1.29, 1.82) is 0 Å². The minimum atomic E-state index is -3.63. The third-order valence-electron chi connectivity index (χ3n) is 5.56. The zero-order valence-electron chi connectivity index (χ0n) is 14.7. The van der Waals surface area contributed by atoms with E-state index in [0.29, 0.717) is 6.54 Å². The lowest BCUT2D eigenvalue weighted by Gasteiger charge is -2.49. The average Bonchev–Trinajstić information content (AvgIpc) is 2.59. The number of benzene rings is 1. The third-order valence-corrected chi connectivity index (χ3v) is 6.49. The van der Waals surface area contributed by atoms with Crippen LogP contribution in [0.5, 0.6) is 0 Å². The van der Waals surface area contributed by atoms with Crippen molar-refractivity contribution in [3.63, 3.8) is 0 Å². The molecule has 2 saturated heterocycles. The Balaban J connectivity index is 1.49. The summed E-state index contributed by atoms with van der Waals surface area (Å²) in [5.74, 6) is 0. The number of hydrogen-bond donors (Lipinski definition) is 3. The van der Waals surface area contributed by atoms with Crippen molar-refractivity contribution in [2.75, 3.05) is 26.2 Å². The van der Waals surface area contributed by atoms with Gasteiger partial charge in [0.15, 0.2) is 0 Å². The van der Waals surface area contributed by atoms with Gasteiger partial charge in [0.2, 0.25) is 10.0 Å². The summed E-state index contributed by atoms with van der Waals surface area (Å²) in [6, 6.07) is 6.95. The first-order valence-corrected chi connectivity index (χ1v) is 10.7. The van der Waals surface area contributed by atoms with Gasteiger partial charge in [0.05, 0.1) is 10.5 Å². The molecule has 140 valence electrons. The number of nitrogens with one attached hydrogen (secondary N) is 1. The van der Waals surface area contributed by atoms with Crippen molar-refractivity contribution in [3.05, 3.63) is 29.8 Å². The highest BCUT2D eigenvalue weighted by atomic mass is 32.2.